The summed E-state index contributed by atoms with van der Waals surface area (Å²) >= 11 is 7.64. The lowest BCUT2D eigenvalue weighted by atomic mass is 9.97. The van der Waals surface area contributed by atoms with Crippen molar-refractivity contribution in [2.45, 2.75) is 60.8 Å². The van der Waals surface area contributed by atoms with Gasteiger partial charge >= 0.3 is 0 Å². The van der Waals surface area contributed by atoms with E-state index in [9.17, 15) is 4.79 Å². The van der Waals surface area contributed by atoms with Gasteiger partial charge in [0, 0.05) is 34.5 Å². The highest BCUT2D eigenvalue weighted by Crippen LogP contribution is 2.42. The van der Waals surface area contributed by atoms with Crippen LogP contribution in [-0.4, -0.2) is 17.6 Å². The Balaban J connectivity index is 0.000000364. The van der Waals surface area contributed by atoms with E-state index in [1.807, 2.05) is 55.5 Å². The third-order valence-corrected chi connectivity index (χ3v) is 7.25. The van der Waals surface area contributed by atoms with Gasteiger partial charge in [0.15, 0.2) is 0 Å². The minimum atomic E-state index is -0.0335. The van der Waals surface area contributed by atoms with Crippen LogP contribution in [0, 0.1) is 31.6 Å². The summed E-state index contributed by atoms with van der Waals surface area (Å²) in [5.41, 5.74) is 6.11. The maximum atomic E-state index is 10.6. The Morgan fingerprint density at radius 2 is 1.62 bits per heavy atom. The molecule has 0 bridgehead atoms. The van der Waals surface area contributed by atoms with E-state index < -0.39 is 0 Å². The quantitative estimate of drug-likeness (QED) is 0.208. The minimum Gasteiger partial charge on any atom is -0.326 e. The first-order valence-corrected chi connectivity index (χ1v) is 13.5. The van der Waals surface area contributed by atoms with E-state index >= 15 is 0 Å². The maximum Gasteiger partial charge on any atom is 0.221 e. The van der Waals surface area contributed by atoms with E-state index in [2.05, 4.69) is 32.7 Å². The number of unbranched alkanes of at least 4 members (excludes halogenated alkanes) is 1. The van der Waals surface area contributed by atoms with Gasteiger partial charge in [0.25, 0.3) is 0 Å². The monoisotopic (exact) mass is 536 g/mol. The van der Waals surface area contributed by atoms with Crippen molar-refractivity contribution in [1.29, 1.82) is 10.8 Å². The van der Waals surface area contributed by atoms with E-state index in [-0.39, 0.29) is 5.91 Å². The van der Waals surface area contributed by atoms with Crippen molar-refractivity contribution >= 4 is 56.8 Å². The zero-order valence-electron chi connectivity index (χ0n) is 22.6. The highest BCUT2D eigenvalue weighted by atomic mass is 35.5. The van der Waals surface area contributed by atoms with Crippen molar-refractivity contribution in [2.24, 2.45) is 0 Å². The molecule has 0 radical (unpaired) electrons. The lowest BCUT2D eigenvalue weighted by molar-refractivity contribution is -0.114. The number of benzene rings is 2. The summed E-state index contributed by atoms with van der Waals surface area (Å²) in [6.07, 6.45) is 2.63. The number of halogens is 1. The first-order valence-electron chi connectivity index (χ1n) is 12.3. The van der Waals surface area contributed by atoms with Gasteiger partial charge in [-0.25, -0.2) is 0 Å². The first-order chi connectivity index (χ1) is 17.5. The van der Waals surface area contributed by atoms with Gasteiger partial charge < -0.3 is 5.32 Å². The Kier molecular flexibility index (Phi) is 11.3. The number of rotatable bonds is 7. The molecule has 0 unspecified atom stereocenters. The average molecular weight is 537 g/mol. The van der Waals surface area contributed by atoms with Crippen molar-refractivity contribution in [2.75, 3.05) is 10.2 Å². The molecule has 0 saturated heterocycles. The van der Waals surface area contributed by atoms with Crippen molar-refractivity contribution in [3.05, 3.63) is 87.3 Å². The zero-order chi connectivity index (χ0) is 27.7. The summed E-state index contributed by atoms with van der Waals surface area (Å²) in [7, 11) is 0. The molecule has 0 aliphatic rings. The third-order valence-electron chi connectivity index (χ3n) is 5.81. The number of aryl methyl sites for hydroxylation is 2. The van der Waals surface area contributed by atoms with Crippen molar-refractivity contribution in [1.82, 2.24) is 0 Å². The highest BCUT2D eigenvalue weighted by molar-refractivity contribution is 7.17. The van der Waals surface area contributed by atoms with E-state index in [1.54, 1.807) is 23.2 Å². The SMILES string of the molecule is C=C(c1ccc(Cl)cc1)c1c(N(C(C)=N)C(=N)CCCC)sc(C)c1C.CC(=O)Nc1ccc(C)cc1. The molecule has 2 aromatic carbocycles. The van der Waals surface area contributed by atoms with Crippen molar-refractivity contribution < 1.29 is 4.79 Å². The molecule has 0 aliphatic heterocycles. The number of carbonyl (C=O) groups is 1. The van der Waals surface area contributed by atoms with Gasteiger partial charge in [-0.15, -0.1) is 11.3 Å². The number of nitrogens with zero attached hydrogens (tertiary/aromatic N) is 1. The zero-order valence-corrected chi connectivity index (χ0v) is 24.2. The van der Waals surface area contributed by atoms with E-state index in [4.69, 9.17) is 22.4 Å². The molecular formula is C30H37ClN4OS. The van der Waals surface area contributed by atoms with Crippen LogP contribution in [0.4, 0.5) is 10.7 Å². The molecule has 0 atom stereocenters. The fourth-order valence-corrected chi connectivity index (χ4v) is 5.08. The third kappa shape index (κ3) is 8.41. The number of hydrogen-bond donors (Lipinski definition) is 3. The maximum absolute atomic E-state index is 10.6. The Hall–Kier alpha value is -3.22. The predicted molar refractivity (Wildman–Crippen MR) is 162 cm³/mol. The van der Waals surface area contributed by atoms with Gasteiger partial charge in [0.1, 0.15) is 16.7 Å². The second-order valence-corrected chi connectivity index (χ2v) is 10.6. The number of anilines is 2. The first kappa shape index (κ1) is 30.0. The van der Waals surface area contributed by atoms with Crippen LogP contribution in [0.5, 0.6) is 0 Å². The Morgan fingerprint density at radius 1 is 1.03 bits per heavy atom. The van der Waals surface area contributed by atoms with Gasteiger partial charge in [-0.2, -0.15) is 0 Å². The molecule has 1 aromatic heterocycles. The van der Waals surface area contributed by atoms with Crippen LogP contribution in [-0.2, 0) is 4.79 Å². The molecule has 0 saturated carbocycles. The number of hydrogen-bond acceptors (Lipinski definition) is 4. The van der Waals surface area contributed by atoms with Gasteiger partial charge in [0.05, 0.1) is 0 Å². The lowest BCUT2D eigenvalue weighted by Crippen LogP contribution is -2.34. The van der Waals surface area contributed by atoms with Crippen LogP contribution in [0.25, 0.3) is 5.57 Å². The second kappa shape index (κ2) is 13.9. The van der Waals surface area contributed by atoms with E-state index in [1.165, 1.54) is 17.4 Å². The molecular weight excluding hydrogens is 500 g/mol. The average Bonchev–Trinajstić information content (AvgIpc) is 3.12. The molecule has 1 amide bonds. The van der Waals surface area contributed by atoms with Crippen LogP contribution < -0.4 is 10.2 Å². The fourth-order valence-electron chi connectivity index (χ4n) is 3.69. The second-order valence-electron chi connectivity index (χ2n) is 8.97. The smallest absolute Gasteiger partial charge is 0.221 e. The van der Waals surface area contributed by atoms with E-state index in [0.717, 1.165) is 45.8 Å². The summed E-state index contributed by atoms with van der Waals surface area (Å²) in [5, 5.41) is 21.1. The van der Waals surface area contributed by atoms with Gasteiger partial charge in [-0.3, -0.25) is 20.5 Å². The molecule has 196 valence electrons. The predicted octanol–water partition coefficient (Wildman–Crippen LogP) is 9.00. The number of carbonyl (C=O) groups excluding carboxylic acids is 1. The molecule has 0 aliphatic carbocycles. The van der Waals surface area contributed by atoms with Crippen LogP contribution in [0.2, 0.25) is 5.02 Å². The Labute approximate surface area is 230 Å². The summed E-state index contributed by atoms with van der Waals surface area (Å²) in [4.78, 5) is 13.5. The number of nitrogens with one attached hydrogen (secondary N) is 3. The number of amides is 1. The summed E-state index contributed by atoms with van der Waals surface area (Å²) in [5.74, 6) is 0.789. The van der Waals surface area contributed by atoms with Crippen LogP contribution in [0.15, 0.2) is 55.1 Å². The van der Waals surface area contributed by atoms with Gasteiger partial charge in [-0.1, -0.05) is 61.4 Å². The molecule has 3 N–H and O–H groups in total. The molecule has 1 heterocycles. The molecule has 3 aromatic rings. The van der Waals surface area contributed by atoms with Gasteiger partial charge in [0.2, 0.25) is 5.91 Å². The summed E-state index contributed by atoms with van der Waals surface area (Å²) < 4.78 is 0. The largest absolute Gasteiger partial charge is 0.326 e. The molecule has 0 spiro atoms. The standard InChI is InChI=1S/C21H26ClN3S.C9H11NO/c1-6-7-8-19(24)25(16(5)23)21-20(13(2)15(4)26-21)14(3)17-9-11-18(22)12-10-17;1-7-3-5-9(6-4-7)10-8(2)11/h9-12,23-24H,3,6-8H2,1-2,4-5H3;3-6H,1-2H3,(H,10,11). The van der Waals surface area contributed by atoms with Gasteiger partial charge in [-0.05, 0) is 75.1 Å². The Morgan fingerprint density at radius 3 is 2.14 bits per heavy atom. The van der Waals surface area contributed by atoms with Crippen LogP contribution in [0.1, 0.15) is 67.2 Å². The normalized spacial score (nSPS) is 10.2. The Bertz CT molecular complexity index is 1260. The minimum absolute atomic E-state index is 0.0335. The lowest BCUT2D eigenvalue weighted by Gasteiger charge is -2.25. The number of amidine groups is 2. The highest BCUT2D eigenvalue weighted by Gasteiger charge is 2.24. The molecule has 5 nitrogen and oxygen atoms in total. The molecule has 0 fully saturated rings. The van der Waals surface area contributed by atoms with Crippen molar-refractivity contribution in [3.8, 4) is 0 Å². The van der Waals surface area contributed by atoms with E-state index in [0.29, 0.717) is 23.1 Å². The summed E-state index contributed by atoms with van der Waals surface area (Å²) in [6, 6.07) is 15.3. The molecule has 7 heteroatoms. The number of thiophene rings is 1. The van der Waals surface area contributed by atoms with Crippen LogP contribution >= 0.6 is 22.9 Å². The molecule has 3 rings (SSSR count). The molecule has 37 heavy (non-hydrogen) atoms. The summed E-state index contributed by atoms with van der Waals surface area (Å²) in [6.45, 7) is 15.8. The van der Waals surface area contributed by atoms with Crippen molar-refractivity contribution in [3.63, 3.8) is 0 Å². The fraction of sp³-hybridized carbons (Fsp3) is 0.300. The van der Waals surface area contributed by atoms with Crippen LogP contribution in [0.3, 0.4) is 0 Å². The topological polar surface area (TPSA) is 80.0 Å².